The van der Waals surface area contributed by atoms with Gasteiger partial charge in [0, 0.05) is 11.8 Å². The van der Waals surface area contributed by atoms with E-state index in [2.05, 4.69) is 20.6 Å². The summed E-state index contributed by atoms with van der Waals surface area (Å²) in [5.74, 6) is 2.80. The summed E-state index contributed by atoms with van der Waals surface area (Å²) < 4.78 is 17.9. The number of ether oxygens (including phenoxy) is 3. The van der Waals surface area contributed by atoms with Gasteiger partial charge in [0.25, 0.3) is 5.91 Å². The molecular formula is C25H25N5O4. The van der Waals surface area contributed by atoms with E-state index in [0.29, 0.717) is 47.5 Å². The van der Waals surface area contributed by atoms with Crippen molar-refractivity contribution in [1.82, 2.24) is 20.0 Å². The number of rotatable bonds is 9. The normalized spacial score (nSPS) is 10.6. The summed E-state index contributed by atoms with van der Waals surface area (Å²) in [6, 6.07) is 18.0. The first-order valence-electron chi connectivity index (χ1n) is 10.9. The van der Waals surface area contributed by atoms with Gasteiger partial charge in [-0.15, -0.1) is 10.2 Å². The van der Waals surface area contributed by atoms with Crippen molar-refractivity contribution >= 4 is 11.6 Å². The predicted molar refractivity (Wildman–Crippen MR) is 127 cm³/mol. The average Bonchev–Trinajstić information content (AvgIpc) is 3.31. The van der Waals surface area contributed by atoms with E-state index in [0.717, 1.165) is 11.4 Å². The highest BCUT2D eigenvalue weighted by atomic mass is 16.5. The third-order valence-electron chi connectivity index (χ3n) is 4.98. The molecule has 2 aromatic heterocycles. The zero-order chi connectivity index (χ0) is 23.9. The molecule has 174 valence electrons. The number of carbonyl (C=O) groups is 1. The van der Waals surface area contributed by atoms with E-state index >= 15 is 0 Å². The summed E-state index contributed by atoms with van der Waals surface area (Å²) in [5.41, 5.74) is 1.84. The Morgan fingerprint density at radius 1 is 0.912 bits per heavy atom. The molecule has 1 N–H and O–H groups in total. The lowest BCUT2D eigenvalue weighted by Crippen LogP contribution is -2.14. The molecule has 0 aliphatic carbocycles. The van der Waals surface area contributed by atoms with Crippen LogP contribution in [-0.2, 0) is 6.42 Å². The van der Waals surface area contributed by atoms with E-state index in [-0.39, 0.29) is 5.91 Å². The Labute approximate surface area is 197 Å². The third-order valence-corrected chi connectivity index (χ3v) is 4.98. The van der Waals surface area contributed by atoms with Crippen molar-refractivity contribution in [1.29, 1.82) is 0 Å². The topological polar surface area (TPSA) is 100 Å². The number of nitrogens with one attached hydrogen (secondary N) is 1. The van der Waals surface area contributed by atoms with E-state index in [9.17, 15) is 4.79 Å². The van der Waals surface area contributed by atoms with Crippen LogP contribution < -0.4 is 19.5 Å². The number of methoxy groups -OCH3 is 1. The van der Waals surface area contributed by atoms with E-state index in [1.165, 1.54) is 13.3 Å². The summed E-state index contributed by atoms with van der Waals surface area (Å²) in [6.45, 7) is 4.51. The fourth-order valence-electron chi connectivity index (χ4n) is 3.35. The minimum atomic E-state index is -0.259. The van der Waals surface area contributed by atoms with Gasteiger partial charge in [-0.05, 0) is 67.9 Å². The molecule has 0 atom stereocenters. The van der Waals surface area contributed by atoms with Crippen LogP contribution in [0.1, 0.15) is 29.9 Å². The van der Waals surface area contributed by atoms with Gasteiger partial charge >= 0.3 is 0 Å². The average molecular weight is 460 g/mol. The van der Waals surface area contributed by atoms with Crippen LogP contribution in [0.5, 0.6) is 23.1 Å². The Balaban J connectivity index is 1.43. The van der Waals surface area contributed by atoms with Crippen LogP contribution >= 0.6 is 0 Å². The van der Waals surface area contributed by atoms with Crippen LogP contribution in [0, 0.1) is 0 Å². The SMILES string of the molecule is CCOc1ccc(Oc2ccc(NC(=O)c3cnn(-c4ccc(OC)nn4)c3CC)cc2)cc1. The van der Waals surface area contributed by atoms with Crippen LogP contribution in [0.2, 0.25) is 0 Å². The minimum Gasteiger partial charge on any atom is -0.494 e. The van der Waals surface area contributed by atoms with Gasteiger partial charge in [0.2, 0.25) is 5.88 Å². The molecule has 0 saturated carbocycles. The largest absolute Gasteiger partial charge is 0.494 e. The van der Waals surface area contributed by atoms with Crippen molar-refractivity contribution in [2.75, 3.05) is 19.0 Å². The second kappa shape index (κ2) is 10.5. The first kappa shape index (κ1) is 22.8. The number of nitrogens with zero attached hydrogens (tertiary/aromatic N) is 4. The summed E-state index contributed by atoms with van der Waals surface area (Å²) in [4.78, 5) is 12.9. The number of hydrogen-bond acceptors (Lipinski definition) is 7. The van der Waals surface area contributed by atoms with Crippen LogP contribution in [0.3, 0.4) is 0 Å². The van der Waals surface area contributed by atoms with Gasteiger partial charge in [0.15, 0.2) is 5.82 Å². The smallest absolute Gasteiger partial charge is 0.259 e. The predicted octanol–water partition coefficient (Wildman–Crippen LogP) is 4.68. The second-order valence-electron chi connectivity index (χ2n) is 7.19. The lowest BCUT2D eigenvalue weighted by atomic mass is 10.2. The summed E-state index contributed by atoms with van der Waals surface area (Å²) in [7, 11) is 1.52. The highest BCUT2D eigenvalue weighted by Crippen LogP contribution is 2.25. The number of benzene rings is 2. The fourth-order valence-corrected chi connectivity index (χ4v) is 3.35. The quantitative estimate of drug-likeness (QED) is 0.388. The highest BCUT2D eigenvalue weighted by molar-refractivity contribution is 6.05. The summed E-state index contributed by atoms with van der Waals surface area (Å²) >= 11 is 0. The van der Waals surface area contributed by atoms with Crippen LogP contribution in [0.25, 0.3) is 5.82 Å². The molecule has 2 heterocycles. The Hall–Kier alpha value is -4.40. The van der Waals surface area contributed by atoms with Crippen LogP contribution in [0.15, 0.2) is 66.9 Å². The number of hydrogen-bond donors (Lipinski definition) is 1. The molecule has 1 amide bonds. The standard InChI is InChI=1S/C25H25N5O4/c1-4-22-21(16-26-30(22)23-14-15-24(32-3)29-28-23)25(31)27-17-6-8-19(9-7-17)34-20-12-10-18(11-13-20)33-5-2/h6-16H,4-5H2,1-3H3,(H,27,31). The van der Waals surface area contributed by atoms with Gasteiger partial charge in [-0.3, -0.25) is 4.79 Å². The van der Waals surface area contributed by atoms with Gasteiger partial charge in [-0.1, -0.05) is 6.92 Å². The van der Waals surface area contributed by atoms with Crippen molar-refractivity contribution in [3.8, 4) is 28.9 Å². The maximum Gasteiger partial charge on any atom is 0.259 e. The number of aromatic nitrogens is 4. The van der Waals surface area contributed by atoms with Crippen molar-refractivity contribution < 1.29 is 19.0 Å². The Morgan fingerprint density at radius 3 is 2.18 bits per heavy atom. The first-order valence-corrected chi connectivity index (χ1v) is 10.9. The maximum atomic E-state index is 12.9. The monoisotopic (exact) mass is 459 g/mol. The van der Waals surface area contributed by atoms with Crippen LogP contribution in [-0.4, -0.2) is 39.6 Å². The third kappa shape index (κ3) is 5.15. The molecular weight excluding hydrogens is 434 g/mol. The first-order chi connectivity index (χ1) is 16.6. The Morgan fingerprint density at radius 2 is 1.59 bits per heavy atom. The molecule has 9 heteroatoms. The fraction of sp³-hybridized carbons (Fsp3) is 0.200. The van der Waals surface area contributed by atoms with Crippen molar-refractivity contribution in [3.05, 3.63) is 78.1 Å². The molecule has 0 spiro atoms. The van der Waals surface area contributed by atoms with E-state index in [1.807, 2.05) is 38.1 Å². The van der Waals surface area contributed by atoms with Gasteiger partial charge in [0.1, 0.15) is 17.2 Å². The molecule has 2 aromatic carbocycles. The van der Waals surface area contributed by atoms with Crippen molar-refractivity contribution in [3.63, 3.8) is 0 Å². The van der Waals surface area contributed by atoms with Gasteiger partial charge in [-0.25, -0.2) is 4.68 Å². The molecule has 0 bridgehead atoms. The lowest BCUT2D eigenvalue weighted by molar-refractivity contribution is 0.102. The van der Waals surface area contributed by atoms with E-state index < -0.39 is 0 Å². The molecule has 0 saturated heterocycles. The van der Waals surface area contributed by atoms with Crippen molar-refractivity contribution in [2.45, 2.75) is 20.3 Å². The number of amides is 1. The molecule has 0 radical (unpaired) electrons. The second-order valence-corrected chi connectivity index (χ2v) is 7.19. The maximum absolute atomic E-state index is 12.9. The molecule has 0 aliphatic heterocycles. The van der Waals surface area contributed by atoms with E-state index in [4.69, 9.17) is 14.2 Å². The summed E-state index contributed by atoms with van der Waals surface area (Å²) in [5, 5.41) is 15.3. The molecule has 0 aliphatic rings. The minimum absolute atomic E-state index is 0.259. The molecule has 0 fully saturated rings. The van der Waals surface area contributed by atoms with Crippen molar-refractivity contribution in [2.24, 2.45) is 0 Å². The number of carbonyl (C=O) groups excluding carboxylic acids is 1. The van der Waals surface area contributed by atoms with Gasteiger partial charge in [-0.2, -0.15) is 5.10 Å². The summed E-state index contributed by atoms with van der Waals surface area (Å²) in [6.07, 6.45) is 2.12. The molecule has 4 aromatic rings. The lowest BCUT2D eigenvalue weighted by Gasteiger charge is -2.10. The molecule has 0 unspecified atom stereocenters. The number of anilines is 1. The molecule has 4 rings (SSSR count). The zero-order valence-electron chi connectivity index (χ0n) is 19.2. The zero-order valence-corrected chi connectivity index (χ0v) is 19.2. The Bertz CT molecular complexity index is 1240. The molecule has 9 nitrogen and oxygen atoms in total. The Kier molecular flexibility index (Phi) is 7.02. The van der Waals surface area contributed by atoms with E-state index in [1.54, 1.807) is 41.1 Å². The van der Waals surface area contributed by atoms with Gasteiger partial charge in [0.05, 0.1) is 31.2 Å². The van der Waals surface area contributed by atoms with Crippen LogP contribution in [0.4, 0.5) is 5.69 Å². The molecule has 34 heavy (non-hydrogen) atoms. The highest BCUT2D eigenvalue weighted by Gasteiger charge is 2.18. The van der Waals surface area contributed by atoms with Gasteiger partial charge < -0.3 is 19.5 Å².